The van der Waals surface area contributed by atoms with Crippen LogP contribution in [-0.2, 0) is 9.59 Å². The van der Waals surface area contributed by atoms with Crippen molar-refractivity contribution in [1.82, 2.24) is 0 Å². The van der Waals surface area contributed by atoms with E-state index in [1.807, 2.05) is 42.2 Å². The number of carbonyl (C=O) groups excluding carboxylic acids is 2. The van der Waals surface area contributed by atoms with Crippen molar-refractivity contribution in [2.75, 3.05) is 22.1 Å². The number of nitrogens with zero attached hydrogens (tertiary/aromatic N) is 1. The molecule has 1 heterocycles. The number of nitrogens with one attached hydrogen (secondary N) is 2. The first kappa shape index (κ1) is 18.3. The van der Waals surface area contributed by atoms with Gasteiger partial charge in [-0.25, -0.2) is 0 Å². The van der Waals surface area contributed by atoms with Gasteiger partial charge in [-0.3, -0.25) is 9.59 Å². The van der Waals surface area contributed by atoms with Crippen molar-refractivity contribution in [2.45, 2.75) is 32.7 Å². The van der Waals surface area contributed by atoms with E-state index in [1.54, 1.807) is 19.1 Å². The van der Waals surface area contributed by atoms with Gasteiger partial charge < -0.3 is 15.5 Å². The summed E-state index contributed by atoms with van der Waals surface area (Å²) in [6.07, 6.45) is 1.51. The molecule has 136 valence electrons. The van der Waals surface area contributed by atoms with Crippen LogP contribution in [0.25, 0.3) is 0 Å². The molecule has 3 rings (SSSR count). The monoisotopic (exact) mass is 371 g/mol. The summed E-state index contributed by atoms with van der Waals surface area (Å²) in [4.78, 5) is 26.1. The Morgan fingerprint density at radius 1 is 1.23 bits per heavy atom. The zero-order valence-corrected chi connectivity index (χ0v) is 15.6. The summed E-state index contributed by atoms with van der Waals surface area (Å²) < 4.78 is 0. The fourth-order valence-corrected chi connectivity index (χ4v) is 3.25. The zero-order chi connectivity index (χ0) is 18.7. The van der Waals surface area contributed by atoms with Gasteiger partial charge in [0.25, 0.3) is 0 Å². The van der Waals surface area contributed by atoms with Crippen molar-refractivity contribution in [3.05, 3.63) is 53.1 Å². The lowest BCUT2D eigenvalue weighted by atomic mass is 10.1. The van der Waals surface area contributed by atoms with Gasteiger partial charge in [-0.1, -0.05) is 23.7 Å². The zero-order valence-electron chi connectivity index (χ0n) is 14.9. The van der Waals surface area contributed by atoms with Gasteiger partial charge in [-0.2, -0.15) is 0 Å². The van der Waals surface area contributed by atoms with Crippen molar-refractivity contribution >= 4 is 40.5 Å². The molecule has 0 saturated carbocycles. The Morgan fingerprint density at radius 2 is 2.00 bits per heavy atom. The topological polar surface area (TPSA) is 61.4 Å². The second kappa shape index (κ2) is 7.79. The molecule has 1 saturated heterocycles. The fraction of sp³-hybridized carbons (Fsp3) is 0.300. The Bertz CT molecular complexity index is 838. The van der Waals surface area contributed by atoms with Crippen molar-refractivity contribution < 1.29 is 9.59 Å². The molecule has 0 bridgehead atoms. The third-order valence-corrected chi connectivity index (χ3v) is 4.80. The van der Waals surface area contributed by atoms with E-state index in [4.69, 9.17) is 11.6 Å². The van der Waals surface area contributed by atoms with Crippen LogP contribution >= 0.6 is 11.6 Å². The highest BCUT2D eigenvalue weighted by Gasteiger charge is 2.23. The number of amides is 2. The highest BCUT2D eigenvalue weighted by molar-refractivity contribution is 6.33. The van der Waals surface area contributed by atoms with Crippen LogP contribution < -0.4 is 15.5 Å². The number of anilines is 3. The number of hydrogen-bond acceptors (Lipinski definition) is 3. The molecule has 2 aromatic rings. The number of benzene rings is 2. The van der Waals surface area contributed by atoms with E-state index >= 15 is 0 Å². The first-order valence-electron chi connectivity index (χ1n) is 8.68. The summed E-state index contributed by atoms with van der Waals surface area (Å²) >= 11 is 6.08. The summed E-state index contributed by atoms with van der Waals surface area (Å²) in [5.74, 6) is -0.00385. The van der Waals surface area contributed by atoms with Gasteiger partial charge in [0.15, 0.2) is 0 Å². The van der Waals surface area contributed by atoms with Gasteiger partial charge >= 0.3 is 0 Å². The average Bonchev–Trinajstić information content (AvgIpc) is 3.03. The Balaban J connectivity index is 1.66. The van der Waals surface area contributed by atoms with Crippen LogP contribution in [0.15, 0.2) is 42.5 Å². The Kier molecular flexibility index (Phi) is 5.47. The predicted octanol–water partition coefficient (Wildman–Crippen LogP) is 4.21. The summed E-state index contributed by atoms with van der Waals surface area (Å²) in [6.45, 7) is 4.53. The summed E-state index contributed by atoms with van der Waals surface area (Å²) in [6, 6.07) is 12.5. The van der Waals surface area contributed by atoms with E-state index in [9.17, 15) is 9.59 Å². The largest absolute Gasteiger partial charge is 0.374 e. The van der Waals surface area contributed by atoms with E-state index < -0.39 is 6.04 Å². The molecule has 0 radical (unpaired) electrons. The number of carbonyl (C=O) groups is 2. The van der Waals surface area contributed by atoms with Crippen molar-refractivity contribution in [3.8, 4) is 0 Å². The van der Waals surface area contributed by atoms with E-state index in [-0.39, 0.29) is 11.8 Å². The van der Waals surface area contributed by atoms with Gasteiger partial charge in [-0.05, 0) is 56.2 Å². The Hall–Kier alpha value is -2.53. The van der Waals surface area contributed by atoms with Crippen LogP contribution in [0.2, 0.25) is 5.02 Å². The highest BCUT2D eigenvalue weighted by Crippen LogP contribution is 2.28. The van der Waals surface area contributed by atoms with Gasteiger partial charge in [0.2, 0.25) is 11.8 Å². The molecule has 0 aromatic heterocycles. The molecule has 6 heteroatoms. The molecule has 0 spiro atoms. The van der Waals surface area contributed by atoms with Gasteiger partial charge in [0.1, 0.15) is 6.04 Å². The minimum absolute atomic E-state index is 0.168. The minimum Gasteiger partial charge on any atom is -0.374 e. The van der Waals surface area contributed by atoms with E-state index in [0.717, 1.165) is 29.9 Å². The molecule has 1 atom stereocenters. The van der Waals surface area contributed by atoms with Crippen LogP contribution in [0.3, 0.4) is 0 Å². The number of aryl methyl sites for hydroxylation is 1. The molecule has 1 aliphatic rings. The first-order valence-corrected chi connectivity index (χ1v) is 9.06. The SMILES string of the molecule is Cc1cc(N[C@@H](C)C(=O)Nc2ccccc2Cl)ccc1N1CCCC1=O. The maximum Gasteiger partial charge on any atom is 0.246 e. The van der Waals surface area contributed by atoms with Gasteiger partial charge in [-0.15, -0.1) is 0 Å². The molecule has 1 aliphatic heterocycles. The van der Waals surface area contributed by atoms with Crippen LogP contribution in [-0.4, -0.2) is 24.4 Å². The van der Waals surface area contributed by atoms with E-state index in [2.05, 4.69) is 10.6 Å². The summed E-state index contributed by atoms with van der Waals surface area (Å²) in [7, 11) is 0. The van der Waals surface area contributed by atoms with Crippen LogP contribution in [0.4, 0.5) is 17.1 Å². The lowest BCUT2D eigenvalue weighted by Crippen LogP contribution is -2.32. The number of rotatable bonds is 5. The predicted molar refractivity (Wildman–Crippen MR) is 106 cm³/mol. The first-order chi connectivity index (χ1) is 12.5. The van der Waals surface area contributed by atoms with Crippen molar-refractivity contribution in [3.63, 3.8) is 0 Å². The maximum atomic E-state index is 12.4. The number of para-hydroxylation sites is 1. The fourth-order valence-electron chi connectivity index (χ4n) is 3.07. The maximum absolute atomic E-state index is 12.4. The average molecular weight is 372 g/mol. The Labute approximate surface area is 158 Å². The number of hydrogen-bond donors (Lipinski definition) is 2. The van der Waals surface area contributed by atoms with Crippen LogP contribution in [0.5, 0.6) is 0 Å². The second-order valence-corrected chi connectivity index (χ2v) is 6.89. The van der Waals surface area contributed by atoms with Crippen molar-refractivity contribution in [1.29, 1.82) is 0 Å². The minimum atomic E-state index is -0.440. The van der Waals surface area contributed by atoms with Crippen LogP contribution in [0.1, 0.15) is 25.3 Å². The molecule has 0 aliphatic carbocycles. The normalized spacial score (nSPS) is 15.0. The highest BCUT2D eigenvalue weighted by atomic mass is 35.5. The van der Waals surface area contributed by atoms with Crippen molar-refractivity contribution in [2.24, 2.45) is 0 Å². The Morgan fingerprint density at radius 3 is 2.65 bits per heavy atom. The molecular weight excluding hydrogens is 350 g/mol. The molecule has 26 heavy (non-hydrogen) atoms. The molecule has 2 N–H and O–H groups in total. The van der Waals surface area contributed by atoms with Gasteiger partial charge in [0, 0.05) is 24.3 Å². The van der Waals surface area contributed by atoms with E-state index in [1.165, 1.54) is 0 Å². The molecule has 2 amide bonds. The molecule has 0 unspecified atom stereocenters. The second-order valence-electron chi connectivity index (χ2n) is 6.49. The lowest BCUT2D eigenvalue weighted by Gasteiger charge is -2.20. The standard InChI is InChI=1S/C20H22ClN3O2/c1-13-12-15(9-10-18(13)24-11-5-8-19(24)25)22-14(2)20(26)23-17-7-4-3-6-16(17)21/h3-4,6-7,9-10,12,14,22H,5,8,11H2,1-2H3,(H,23,26)/t14-/m0/s1. The van der Waals surface area contributed by atoms with E-state index in [0.29, 0.717) is 17.1 Å². The lowest BCUT2D eigenvalue weighted by molar-refractivity contribution is -0.117. The summed E-state index contributed by atoms with van der Waals surface area (Å²) in [5, 5.41) is 6.52. The molecule has 2 aromatic carbocycles. The molecule has 1 fully saturated rings. The number of halogens is 1. The third-order valence-electron chi connectivity index (χ3n) is 4.47. The summed E-state index contributed by atoms with van der Waals surface area (Å²) in [5.41, 5.74) is 3.36. The third kappa shape index (κ3) is 3.99. The smallest absolute Gasteiger partial charge is 0.246 e. The van der Waals surface area contributed by atoms with Gasteiger partial charge in [0.05, 0.1) is 10.7 Å². The molecule has 5 nitrogen and oxygen atoms in total. The molecular formula is C20H22ClN3O2. The quantitative estimate of drug-likeness (QED) is 0.827. The van der Waals surface area contributed by atoms with Crippen LogP contribution in [0, 0.1) is 6.92 Å².